The van der Waals surface area contributed by atoms with E-state index in [0.29, 0.717) is 21.3 Å². The normalized spacial score (nSPS) is 10.7. The summed E-state index contributed by atoms with van der Waals surface area (Å²) in [6.45, 7) is 1.70. The molecule has 0 saturated heterocycles. The van der Waals surface area contributed by atoms with Crippen molar-refractivity contribution in [3.63, 3.8) is 0 Å². The minimum atomic E-state index is -1.07. The van der Waals surface area contributed by atoms with Gasteiger partial charge in [0.15, 0.2) is 0 Å². The number of hydrogen-bond donors (Lipinski definition) is 1. The molecular formula is C8H5BrN2O3. The standard InChI is InChI=1S/C8H5BrN2O3/c1-3-5-6(11-14-3)4(8(12)13)2-10-7(5)9/h2H,1H3,(H,12,13). The lowest BCUT2D eigenvalue weighted by Gasteiger charge is -1.95. The summed E-state index contributed by atoms with van der Waals surface area (Å²) < 4.78 is 5.44. The second-order valence-electron chi connectivity index (χ2n) is 2.73. The number of halogens is 1. The van der Waals surface area contributed by atoms with E-state index in [4.69, 9.17) is 9.63 Å². The Bertz CT molecular complexity index is 521. The average Bonchev–Trinajstić information content (AvgIpc) is 2.49. The summed E-state index contributed by atoms with van der Waals surface area (Å²) in [6, 6.07) is 0. The highest BCUT2D eigenvalue weighted by Gasteiger charge is 2.17. The Kier molecular flexibility index (Phi) is 1.99. The maximum atomic E-state index is 10.8. The van der Waals surface area contributed by atoms with Crippen molar-refractivity contribution in [1.29, 1.82) is 0 Å². The van der Waals surface area contributed by atoms with E-state index < -0.39 is 5.97 Å². The molecule has 2 aromatic heterocycles. The lowest BCUT2D eigenvalue weighted by molar-refractivity contribution is 0.0698. The monoisotopic (exact) mass is 256 g/mol. The smallest absolute Gasteiger partial charge is 0.339 e. The fourth-order valence-corrected chi connectivity index (χ4v) is 1.77. The molecule has 5 nitrogen and oxygen atoms in total. The van der Waals surface area contributed by atoms with Crippen LogP contribution in [0, 0.1) is 6.92 Å². The predicted octanol–water partition coefficient (Wildman–Crippen LogP) is 1.99. The molecule has 0 aromatic carbocycles. The van der Waals surface area contributed by atoms with Gasteiger partial charge in [-0.1, -0.05) is 5.16 Å². The fourth-order valence-electron chi connectivity index (χ4n) is 1.20. The van der Waals surface area contributed by atoms with Crippen LogP contribution in [0.15, 0.2) is 15.3 Å². The first-order valence-corrected chi connectivity index (χ1v) is 4.54. The average molecular weight is 257 g/mol. The predicted molar refractivity (Wildman–Crippen MR) is 51.2 cm³/mol. The van der Waals surface area contributed by atoms with Crippen LogP contribution >= 0.6 is 15.9 Å². The van der Waals surface area contributed by atoms with Crippen molar-refractivity contribution in [3.05, 3.63) is 22.1 Å². The van der Waals surface area contributed by atoms with E-state index >= 15 is 0 Å². The molecule has 0 aliphatic heterocycles. The molecule has 14 heavy (non-hydrogen) atoms. The molecule has 2 rings (SSSR count). The van der Waals surface area contributed by atoms with Crippen LogP contribution in [-0.4, -0.2) is 21.2 Å². The van der Waals surface area contributed by atoms with E-state index in [1.54, 1.807) is 6.92 Å². The summed E-state index contributed by atoms with van der Waals surface area (Å²) in [5.74, 6) is -0.522. The minimum absolute atomic E-state index is 0.0417. The van der Waals surface area contributed by atoms with Gasteiger partial charge in [-0.25, -0.2) is 9.78 Å². The zero-order valence-corrected chi connectivity index (χ0v) is 8.70. The lowest BCUT2D eigenvalue weighted by Crippen LogP contribution is -1.98. The van der Waals surface area contributed by atoms with Crippen molar-refractivity contribution in [2.75, 3.05) is 0 Å². The zero-order chi connectivity index (χ0) is 10.3. The van der Waals surface area contributed by atoms with Crippen LogP contribution in [0.25, 0.3) is 10.9 Å². The molecule has 2 heterocycles. The van der Waals surface area contributed by atoms with E-state index in [2.05, 4.69) is 26.1 Å². The molecule has 0 atom stereocenters. The van der Waals surface area contributed by atoms with Gasteiger partial charge >= 0.3 is 5.97 Å². The maximum Gasteiger partial charge on any atom is 0.339 e. The number of carboxylic acid groups (broad SMARTS) is 1. The van der Waals surface area contributed by atoms with Crippen molar-refractivity contribution in [1.82, 2.24) is 10.1 Å². The second kappa shape index (κ2) is 3.06. The lowest BCUT2D eigenvalue weighted by atomic mass is 10.2. The molecule has 72 valence electrons. The number of nitrogens with zero attached hydrogens (tertiary/aromatic N) is 2. The quantitative estimate of drug-likeness (QED) is 0.790. The Morgan fingerprint density at radius 3 is 3.00 bits per heavy atom. The summed E-state index contributed by atoms with van der Waals surface area (Å²) >= 11 is 3.21. The molecule has 0 unspecified atom stereocenters. The summed E-state index contributed by atoms with van der Waals surface area (Å²) in [5.41, 5.74) is 0.358. The van der Waals surface area contributed by atoms with Crippen LogP contribution in [0.3, 0.4) is 0 Å². The third-order valence-corrected chi connectivity index (χ3v) is 2.46. The van der Waals surface area contributed by atoms with Crippen molar-refractivity contribution in [2.24, 2.45) is 0 Å². The van der Waals surface area contributed by atoms with Gasteiger partial charge in [0, 0.05) is 6.20 Å². The third kappa shape index (κ3) is 1.19. The summed E-state index contributed by atoms with van der Waals surface area (Å²) in [4.78, 5) is 14.7. The zero-order valence-electron chi connectivity index (χ0n) is 7.11. The van der Waals surface area contributed by atoms with Crippen LogP contribution in [0.2, 0.25) is 0 Å². The van der Waals surface area contributed by atoms with Gasteiger partial charge in [-0.2, -0.15) is 0 Å². The van der Waals surface area contributed by atoms with Crippen LogP contribution in [0.1, 0.15) is 16.1 Å². The van der Waals surface area contributed by atoms with Gasteiger partial charge in [0.05, 0.1) is 5.39 Å². The van der Waals surface area contributed by atoms with E-state index in [-0.39, 0.29) is 5.56 Å². The van der Waals surface area contributed by atoms with E-state index in [1.807, 2.05) is 0 Å². The molecule has 0 amide bonds. The molecule has 0 bridgehead atoms. The number of rotatable bonds is 1. The molecule has 6 heteroatoms. The summed E-state index contributed by atoms with van der Waals surface area (Å²) in [5, 5.41) is 13.1. The Morgan fingerprint density at radius 2 is 2.36 bits per heavy atom. The first-order chi connectivity index (χ1) is 6.61. The SMILES string of the molecule is Cc1onc2c(C(=O)O)cnc(Br)c12. The van der Waals surface area contributed by atoms with Gasteiger partial charge in [0.25, 0.3) is 0 Å². The number of aromatic carboxylic acids is 1. The minimum Gasteiger partial charge on any atom is -0.478 e. The van der Waals surface area contributed by atoms with Crippen molar-refractivity contribution in [3.8, 4) is 0 Å². The van der Waals surface area contributed by atoms with E-state index in [1.165, 1.54) is 6.20 Å². The Hall–Kier alpha value is -1.43. The number of fused-ring (bicyclic) bond motifs is 1. The molecule has 0 fully saturated rings. The van der Waals surface area contributed by atoms with Crippen molar-refractivity contribution >= 4 is 32.8 Å². The Morgan fingerprint density at radius 1 is 1.64 bits per heavy atom. The number of hydrogen-bond acceptors (Lipinski definition) is 4. The van der Waals surface area contributed by atoms with Crippen molar-refractivity contribution in [2.45, 2.75) is 6.92 Å². The molecule has 1 N–H and O–H groups in total. The van der Waals surface area contributed by atoms with Gasteiger partial charge in [0.2, 0.25) is 0 Å². The van der Waals surface area contributed by atoms with Crippen molar-refractivity contribution < 1.29 is 14.4 Å². The topological polar surface area (TPSA) is 76.2 Å². The first-order valence-electron chi connectivity index (χ1n) is 3.75. The number of aryl methyl sites for hydroxylation is 1. The number of carbonyl (C=O) groups is 1. The first kappa shape index (κ1) is 9.14. The Labute approximate surface area is 86.9 Å². The van der Waals surface area contributed by atoms with E-state index in [0.717, 1.165) is 0 Å². The van der Waals surface area contributed by atoms with Crippen LogP contribution in [0.5, 0.6) is 0 Å². The third-order valence-electron chi connectivity index (χ3n) is 1.86. The Balaban J connectivity index is 2.90. The molecule has 0 saturated carbocycles. The van der Waals surface area contributed by atoms with Crippen LogP contribution in [-0.2, 0) is 0 Å². The van der Waals surface area contributed by atoms with Gasteiger partial charge in [0.1, 0.15) is 21.4 Å². The number of carboxylic acids is 1. The van der Waals surface area contributed by atoms with Crippen LogP contribution in [0.4, 0.5) is 0 Å². The van der Waals surface area contributed by atoms with Gasteiger partial charge in [-0.3, -0.25) is 0 Å². The highest BCUT2D eigenvalue weighted by molar-refractivity contribution is 9.10. The van der Waals surface area contributed by atoms with Crippen LogP contribution < -0.4 is 0 Å². The fraction of sp³-hybridized carbons (Fsp3) is 0.125. The molecule has 0 spiro atoms. The van der Waals surface area contributed by atoms with Gasteiger partial charge in [-0.15, -0.1) is 0 Å². The largest absolute Gasteiger partial charge is 0.478 e. The summed E-state index contributed by atoms with van der Waals surface area (Å²) in [7, 11) is 0. The molecular weight excluding hydrogens is 252 g/mol. The second-order valence-corrected chi connectivity index (χ2v) is 3.48. The highest BCUT2D eigenvalue weighted by Crippen LogP contribution is 2.26. The molecule has 0 aliphatic carbocycles. The number of pyridine rings is 1. The molecule has 0 aliphatic rings. The number of aromatic nitrogens is 2. The van der Waals surface area contributed by atoms with E-state index in [9.17, 15) is 4.79 Å². The summed E-state index contributed by atoms with van der Waals surface area (Å²) in [6.07, 6.45) is 1.25. The molecule has 0 radical (unpaired) electrons. The molecule has 2 aromatic rings. The highest BCUT2D eigenvalue weighted by atomic mass is 79.9. The maximum absolute atomic E-state index is 10.8. The van der Waals surface area contributed by atoms with Gasteiger partial charge in [-0.05, 0) is 22.9 Å². The van der Waals surface area contributed by atoms with Gasteiger partial charge < -0.3 is 9.63 Å².